The minimum atomic E-state index is -1.15. The Labute approximate surface area is 164 Å². The second kappa shape index (κ2) is 7.16. The molecule has 1 aliphatic heterocycles. The Morgan fingerprint density at radius 3 is 2.50 bits per heavy atom. The lowest BCUT2D eigenvalue weighted by Gasteiger charge is -2.36. The second-order valence-electron chi connectivity index (χ2n) is 6.52. The van der Waals surface area contributed by atoms with E-state index in [0.29, 0.717) is 47.7 Å². The van der Waals surface area contributed by atoms with E-state index in [9.17, 15) is 14.0 Å². The smallest absolute Gasteiger partial charge is 0.371 e. The van der Waals surface area contributed by atoms with Crippen LogP contribution in [-0.2, 0) is 0 Å². The van der Waals surface area contributed by atoms with Crippen LogP contribution in [0.2, 0.25) is 5.02 Å². The van der Waals surface area contributed by atoms with Crippen LogP contribution in [0.5, 0.6) is 0 Å². The van der Waals surface area contributed by atoms with Gasteiger partial charge in [0.25, 0.3) is 5.91 Å². The van der Waals surface area contributed by atoms with Crippen molar-refractivity contribution in [3.05, 3.63) is 64.6 Å². The lowest BCUT2D eigenvalue weighted by Crippen LogP contribution is -2.48. The highest BCUT2D eigenvalue weighted by molar-refractivity contribution is 6.38. The Kier molecular flexibility index (Phi) is 4.68. The van der Waals surface area contributed by atoms with E-state index < -0.39 is 11.8 Å². The Bertz CT molecular complexity index is 1070. The number of amides is 1. The lowest BCUT2D eigenvalue weighted by molar-refractivity contribution is 0.0664. The molecule has 3 aromatic rings. The van der Waals surface area contributed by atoms with Crippen LogP contribution in [0.15, 0.2) is 46.9 Å². The van der Waals surface area contributed by atoms with E-state index in [1.165, 1.54) is 24.3 Å². The van der Waals surface area contributed by atoms with Crippen molar-refractivity contribution in [2.75, 3.05) is 31.1 Å². The third-order valence-corrected chi connectivity index (χ3v) is 5.20. The summed E-state index contributed by atoms with van der Waals surface area (Å²) in [5, 5.41) is 10.0. The zero-order valence-corrected chi connectivity index (χ0v) is 15.4. The zero-order valence-electron chi connectivity index (χ0n) is 14.7. The molecule has 1 aliphatic rings. The van der Waals surface area contributed by atoms with Gasteiger partial charge in [0.05, 0.1) is 10.7 Å². The Morgan fingerprint density at radius 2 is 1.82 bits per heavy atom. The number of fused-ring (bicyclic) bond motifs is 1. The molecule has 1 amide bonds. The van der Waals surface area contributed by atoms with Crippen molar-refractivity contribution in [1.29, 1.82) is 0 Å². The molecule has 28 heavy (non-hydrogen) atoms. The van der Waals surface area contributed by atoms with Crippen molar-refractivity contribution >= 4 is 40.1 Å². The first kappa shape index (κ1) is 18.3. The van der Waals surface area contributed by atoms with Crippen molar-refractivity contribution in [2.24, 2.45) is 0 Å². The minimum absolute atomic E-state index is 0.167. The van der Waals surface area contributed by atoms with Gasteiger partial charge < -0.3 is 19.3 Å². The number of rotatable bonds is 3. The van der Waals surface area contributed by atoms with Crippen LogP contribution < -0.4 is 4.90 Å². The van der Waals surface area contributed by atoms with E-state index in [-0.39, 0.29) is 11.7 Å². The molecule has 0 atom stereocenters. The molecule has 144 valence electrons. The summed E-state index contributed by atoms with van der Waals surface area (Å²) >= 11 is 6.49. The molecule has 1 aromatic heterocycles. The molecule has 6 nitrogen and oxygen atoms in total. The summed E-state index contributed by atoms with van der Waals surface area (Å²) in [6, 6.07) is 10.5. The van der Waals surface area contributed by atoms with Gasteiger partial charge in [0.15, 0.2) is 0 Å². The van der Waals surface area contributed by atoms with Crippen molar-refractivity contribution in [1.82, 2.24) is 4.90 Å². The maximum Gasteiger partial charge on any atom is 0.371 e. The Balaban J connectivity index is 1.51. The highest BCUT2D eigenvalue weighted by atomic mass is 35.5. The summed E-state index contributed by atoms with van der Waals surface area (Å²) in [7, 11) is 0. The van der Waals surface area contributed by atoms with Crippen LogP contribution in [0.4, 0.5) is 10.1 Å². The second-order valence-corrected chi connectivity index (χ2v) is 6.89. The van der Waals surface area contributed by atoms with Gasteiger partial charge in [-0.25, -0.2) is 9.18 Å². The number of carboxylic acids is 1. The molecule has 2 heterocycles. The van der Waals surface area contributed by atoms with Gasteiger partial charge in [0.2, 0.25) is 5.76 Å². The van der Waals surface area contributed by atoms with E-state index in [0.717, 1.165) is 5.69 Å². The number of piperazine rings is 1. The van der Waals surface area contributed by atoms with Crippen LogP contribution in [0.25, 0.3) is 11.0 Å². The fourth-order valence-corrected chi connectivity index (χ4v) is 3.70. The first-order valence-corrected chi connectivity index (χ1v) is 9.07. The molecule has 1 fully saturated rings. The number of carbonyl (C=O) groups excluding carboxylic acids is 1. The molecule has 1 saturated heterocycles. The van der Waals surface area contributed by atoms with E-state index in [1.54, 1.807) is 23.1 Å². The SMILES string of the molecule is O=C(O)c1cc2c(Cl)c(N3CCN(C(=O)c4cccc(F)c4)CC3)ccc2o1. The topological polar surface area (TPSA) is 74.0 Å². The molecular formula is C20H16ClFN2O4. The highest BCUT2D eigenvalue weighted by Crippen LogP contribution is 2.35. The van der Waals surface area contributed by atoms with Crippen molar-refractivity contribution in [3.8, 4) is 0 Å². The highest BCUT2D eigenvalue weighted by Gasteiger charge is 2.25. The predicted molar refractivity (Wildman–Crippen MR) is 103 cm³/mol. The van der Waals surface area contributed by atoms with Crippen LogP contribution in [-0.4, -0.2) is 48.1 Å². The molecule has 0 radical (unpaired) electrons. The average molecular weight is 403 g/mol. The molecule has 8 heteroatoms. The number of carbonyl (C=O) groups is 2. The monoisotopic (exact) mass is 402 g/mol. The third kappa shape index (κ3) is 3.29. The van der Waals surface area contributed by atoms with Gasteiger partial charge in [-0.05, 0) is 30.3 Å². The van der Waals surface area contributed by atoms with Gasteiger partial charge >= 0.3 is 5.97 Å². The number of carboxylic acid groups (broad SMARTS) is 1. The van der Waals surface area contributed by atoms with Gasteiger partial charge in [0.1, 0.15) is 11.4 Å². The first-order chi connectivity index (χ1) is 13.4. The molecule has 0 aliphatic carbocycles. The van der Waals surface area contributed by atoms with Crippen molar-refractivity contribution < 1.29 is 23.5 Å². The molecule has 0 spiro atoms. The Hall–Kier alpha value is -3.06. The zero-order chi connectivity index (χ0) is 19.8. The van der Waals surface area contributed by atoms with E-state index >= 15 is 0 Å². The number of hydrogen-bond donors (Lipinski definition) is 1. The third-order valence-electron chi connectivity index (χ3n) is 4.80. The van der Waals surface area contributed by atoms with E-state index in [1.807, 2.05) is 4.90 Å². The van der Waals surface area contributed by atoms with Crippen LogP contribution >= 0.6 is 11.6 Å². The van der Waals surface area contributed by atoms with E-state index in [2.05, 4.69) is 0 Å². The number of benzene rings is 2. The normalized spacial score (nSPS) is 14.5. The fourth-order valence-electron chi connectivity index (χ4n) is 3.37. The average Bonchev–Trinajstić information content (AvgIpc) is 3.14. The molecule has 2 aromatic carbocycles. The number of hydrogen-bond acceptors (Lipinski definition) is 4. The summed E-state index contributed by atoms with van der Waals surface area (Å²) < 4.78 is 18.6. The lowest BCUT2D eigenvalue weighted by atomic mass is 10.1. The number of furan rings is 1. The molecule has 0 unspecified atom stereocenters. The summed E-state index contributed by atoms with van der Waals surface area (Å²) in [4.78, 5) is 27.4. The largest absolute Gasteiger partial charge is 0.475 e. The van der Waals surface area contributed by atoms with Gasteiger partial charge in [-0.2, -0.15) is 0 Å². The summed E-state index contributed by atoms with van der Waals surface area (Å²) in [6.07, 6.45) is 0. The van der Waals surface area contributed by atoms with Gasteiger partial charge in [-0.3, -0.25) is 4.79 Å². The minimum Gasteiger partial charge on any atom is -0.475 e. The standard InChI is InChI=1S/C20H16ClFN2O4/c21-18-14-11-17(20(26)27)28-16(14)5-4-15(18)23-6-8-24(9-7-23)19(25)12-2-1-3-13(22)10-12/h1-5,10-11H,6-9H2,(H,26,27). The Morgan fingerprint density at radius 1 is 1.07 bits per heavy atom. The summed E-state index contributed by atoms with van der Waals surface area (Å²) in [6.45, 7) is 2.04. The predicted octanol–water partition coefficient (Wildman–Crippen LogP) is 3.89. The van der Waals surface area contributed by atoms with Crippen LogP contribution in [0.1, 0.15) is 20.9 Å². The number of halogens is 2. The number of anilines is 1. The van der Waals surface area contributed by atoms with Crippen molar-refractivity contribution in [3.63, 3.8) is 0 Å². The number of nitrogens with zero attached hydrogens (tertiary/aromatic N) is 2. The van der Waals surface area contributed by atoms with Crippen LogP contribution in [0, 0.1) is 5.82 Å². The molecule has 1 N–H and O–H groups in total. The van der Waals surface area contributed by atoms with Crippen LogP contribution in [0.3, 0.4) is 0 Å². The molecule has 0 bridgehead atoms. The van der Waals surface area contributed by atoms with Gasteiger partial charge in [-0.1, -0.05) is 17.7 Å². The maximum absolute atomic E-state index is 13.4. The van der Waals surface area contributed by atoms with Crippen molar-refractivity contribution in [2.45, 2.75) is 0 Å². The molecular weight excluding hydrogens is 387 g/mol. The van der Waals surface area contributed by atoms with Gasteiger partial charge in [-0.15, -0.1) is 0 Å². The quantitative estimate of drug-likeness (QED) is 0.719. The maximum atomic E-state index is 13.4. The fraction of sp³-hybridized carbons (Fsp3) is 0.200. The molecule has 4 rings (SSSR count). The summed E-state index contributed by atoms with van der Waals surface area (Å²) in [5.41, 5.74) is 1.49. The van der Waals surface area contributed by atoms with E-state index in [4.69, 9.17) is 21.1 Å². The van der Waals surface area contributed by atoms with Gasteiger partial charge in [0, 0.05) is 43.2 Å². The molecule has 0 saturated carbocycles. The first-order valence-electron chi connectivity index (χ1n) is 8.69. The number of aromatic carboxylic acids is 1. The summed E-state index contributed by atoms with van der Waals surface area (Å²) in [5.74, 6) is -1.97.